The molecule has 1 aromatic heterocycles. The van der Waals surface area contributed by atoms with Gasteiger partial charge in [-0.25, -0.2) is 9.78 Å². The monoisotopic (exact) mass is 271 g/mol. The Bertz CT molecular complexity index is 684. The number of benzene rings is 1. The summed E-state index contributed by atoms with van der Waals surface area (Å²) in [6.45, 7) is 3.58. The van der Waals surface area contributed by atoms with Crippen LogP contribution in [-0.2, 0) is 0 Å². The maximum Gasteiger partial charge on any atom is 0.354 e. The number of aromatic carboxylic acids is 1. The molecule has 1 aromatic carbocycles. The predicted molar refractivity (Wildman–Crippen MR) is 78.2 cm³/mol. The van der Waals surface area contributed by atoms with Gasteiger partial charge in [0.1, 0.15) is 0 Å². The fourth-order valence-electron chi connectivity index (χ4n) is 2.70. The van der Waals surface area contributed by atoms with E-state index >= 15 is 0 Å². The highest BCUT2D eigenvalue weighted by molar-refractivity contribution is 5.97. The van der Waals surface area contributed by atoms with Crippen LogP contribution in [0.3, 0.4) is 0 Å². The number of aromatic nitrogens is 1. The number of rotatable bonds is 2. The summed E-state index contributed by atoms with van der Waals surface area (Å²) in [4.78, 5) is 17.6. The Morgan fingerprint density at radius 3 is 2.90 bits per heavy atom. The molecule has 5 nitrogen and oxygen atoms in total. The molecule has 5 heteroatoms. The normalized spacial score (nSPS) is 18.7. The van der Waals surface area contributed by atoms with Crippen LogP contribution in [0.1, 0.15) is 22.5 Å². The lowest BCUT2D eigenvalue weighted by molar-refractivity contribution is 0.0691. The van der Waals surface area contributed by atoms with Gasteiger partial charge in [-0.2, -0.15) is 0 Å². The van der Waals surface area contributed by atoms with Crippen molar-refractivity contribution in [3.05, 3.63) is 35.5 Å². The molecule has 1 aliphatic heterocycles. The molecular formula is C15H17N3O2. The van der Waals surface area contributed by atoms with Gasteiger partial charge in [0.2, 0.25) is 0 Å². The minimum Gasteiger partial charge on any atom is -0.477 e. The molecule has 0 radical (unpaired) electrons. The first-order chi connectivity index (χ1) is 9.54. The molecule has 0 bridgehead atoms. The topological polar surface area (TPSA) is 79.5 Å². The van der Waals surface area contributed by atoms with E-state index < -0.39 is 5.97 Å². The van der Waals surface area contributed by atoms with E-state index in [4.69, 9.17) is 5.73 Å². The SMILES string of the molecule is Cc1ccc2c(N3CCC(N)C3)cc(C(=O)O)nc2c1. The second kappa shape index (κ2) is 4.76. The lowest BCUT2D eigenvalue weighted by Crippen LogP contribution is -2.26. The molecular weight excluding hydrogens is 254 g/mol. The predicted octanol–water partition coefficient (Wildman–Crippen LogP) is 1.78. The Morgan fingerprint density at radius 2 is 2.25 bits per heavy atom. The molecule has 2 aromatic rings. The fourth-order valence-corrected chi connectivity index (χ4v) is 2.70. The van der Waals surface area contributed by atoms with E-state index in [-0.39, 0.29) is 11.7 Å². The van der Waals surface area contributed by atoms with Gasteiger partial charge in [0, 0.05) is 30.2 Å². The van der Waals surface area contributed by atoms with E-state index in [1.165, 1.54) is 0 Å². The Balaban J connectivity index is 2.20. The number of carboxylic acid groups (broad SMARTS) is 1. The standard InChI is InChI=1S/C15H17N3O2/c1-9-2-3-11-12(6-9)17-13(15(19)20)7-14(11)18-5-4-10(16)8-18/h2-3,6-7,10H,4-5,8,16H2,1H3,(H,19,20). The Labute approximate surface area is 117 Å². The molecule has 0 amide bonds. The van der Waals surface area contributed by atoms with Gasteiger partial charge in [-0.05, 0) is 31.0 Å². The lowest BCUT2D eigenvalue weighted by atomic mass is 10.1. The highest BCUT2D eigenvalue weighted by Crippen LogP contribution is 2.29. The maximum absolute atomic E-state index is 11.3. The quantitative estimate of drug-likeness (QED) is 0.870. The molecule has 0 saturated carbocycles. The zero-order valence-electron chi connectivity index (χ0n) is 11.3. The van der Waals surface area contributed by atoms with Crippen LogP contribution in [0.25, 0.3) is 10.9 Å². The minimum absolute atomic E-state index is 0.0820. The van der Waals surface area contributed by atoms with Crippen molar-refractivity contribution in [2.75, 3.05) is 18.0 Å². The molecule has 20 heavy (non-hydrogen) atoms. The van der Waals surface area contributed by atoms with Crippen LogP contribution in [-0.4, -0.2) is 35.2 Å². The van der Waals surface area contributed by atoms with E-state index in [1.807, 2.05) is 25.1 Å². The van der Waals surface area contributed by atoms with Crippen molar-refractivity contribution < 1.29 is 9.90 Å². The van der Waals surface area contributed by atoms with Crippen LogP contribution >= 0.6 is 0 Å². The number of carbonyl (C=O) groups is 1. The van der Waals surface area contributed by atoms with Crippen LogP contribution in [0, 0.1) is 6.92 Å². The molecule has 1 atom stereocenters. The van der Waals surface area contributed by atoms with Crippen molar-refractivity contribution in [3.8, 4) is 0 Å². The average molecular weight is 271 g/mol. The number of carboxylic acids is 1. The highest BCUT2D eigenvalue weighted by atomic mass is 16.4. The number of pyridine rings is 1. The number of nitrogens with two attached hydrogens (primary N) is 1. The number of aryl methyl sites for hydroxylation is 1. The maximum atomic E-state index is 11.3. The van der Waals surface area contributed by atoms with Gasteiger partial charge >= 0.3 is 5.97 Å². The summed E-state index contributed by atoms with van der Waals surface area (Å²) in [5, 5.41) is 10.2. The lowest BCUT2D eigenvalue weighted by Gasteiger charge is -2.20. The molecule has 104 valence electrons. The number of hydrogen-bond acceptors (Lipinski definition) is 4. The molecule has 1 fully saturated rings. The van der Waals surface area contributed by atoms with Crippen molar-refractivity contribution in [3.63, 3.8) is 0 Å². The average Bonchev–Trinajstić information content (AvgIpc) is 2.83. The number of hydrogen-bond donors (Lipinski definition) is 2. The zero-order chi connectivity index (χ0) is 14.3. The molecule has 0 spiro atoms. The van der Waals surface area contributed by atoms with Crippen LogP contribution in [0.4, 0.5) is 5.69 Å². The van der Waals surface area contributed by atoms with Crippen LogP contribution in [0.2, 0.25) is 0 Å². The molecule has 1 aliphatic rings. The van der Waals surface area contributed by atoms with Gasteiger partial charge in [0.05, 0.1) is 5.52 Å². The summed E-state index contributed by atoms with van der Waals surface area (Å²) in [7, 11) is 0. The summed E-state index contributed by atoms with van der Waals surface area (Å²) >= 11 is 0. The van der Waals surface area contributed by atoms with Gasteiger partial charge < -0.3 is 15.7 Å². The van der Waals surface area contributed by atoms with Gasteiger partial charge in [0.25, 0.3) is 0 Å². The molecule has 3 N–H and O–H groups in total. The van der Waals surface area contributed by atoms with Crippen molar-refractivity contribution >= 4 is 22.6 Å². The first-order valence-corrected chi connectivity index (χ1v) is 6.70. The Hall–Kier alpha value is -2.14. The molecule has 0 aliphatic carbocycles. The minimum atomic E-state index is -1.00. The number of nitrogens with zero attached hydrogens (tertiary/aromatic N) is 2. The van der Waals surface area contributed by atoms with E-state index in [9.17, 15) is 9.90 Å². The van der Waals surface area contributed by atoms with E-state index in [1.54, 1.807) is 6.07 Å². The van der Waals surface area contributed by atoms with Gasteiger partial charge in [-0.1, -0.05) is 12.1 Å². The third-order valence-electron chi connectivity index (χ3n) is 3.73. The second-order valence-corrected chi connectivity index (χ2v) is 5.35. The van der Waals surface area contributed by atoms with Crippen LogP contribution < -0.4 is 10.6 Å². The molecule has 1 unspecified atom stereocenters. The second-order valence-electron chi connectivity index (χ2n) is 5.35. The van der Waals surface area contributed by atoms with E-state index in [0.717, 1.165) is 41.7 Å². The molecule has 3 rings (SSSR count). The largest absolute Gasteiger partial charge is 0.477 e. The van der Waals surface area contributed by atoms with Crippen LogP contribution in [0.15, 0.2) is 24.3 Å². The van der Waals surface area contributed by atoms with E-state index in [0.29, 0.717) is 0 Å². The summed E-state index contributed by atoms with van der Waals surface area (Å²) in [5.74, 6) is -1.00. The molecule has 1 saturated heterocycles. The summed E-state index contributed by atoms with van der Waals surface area (Å²) in [6.07, 6.45) is 0.929. The highest BCUT2D eigenvalue weighted by Gasteiger charge is 2.22. The molecule has 2 heterocycles. The van der Waals surface area contributed by atoms with Crippen molar-refractivity contribution in [1.82, 2.24) is 4.98 Å². The smallest absolute Gasteiger partial charge is 0.354 e. The first kappa shape index (κ1) is 12.9. The number of fused-ring (bicyclic) bond motifs is 1. The Morgan fingerprint density at radius 1 is 1.45 bits per heavy atom. The Kier molecular flexibility index (Phi) is 3.06. The summed E-state index contributed by atoms with van der Waals surface area (Å²) in [6, 6.07) is 7.74. The van der Waals surface area contributed by atoms with Crippen molar-refractivity contribution in [2.45, 2.75) is 19.4 Å². The fraction of sp³-hybridized carbons (Fsp3) is 0.333. The summed E-state index contributed by atoms with van der Waals surface area (Å²) in [5.41, 5.74) is 8.74. The van der Waals surface area contributed by atoms with Gasteiger partial charge in [-0.15, -0.1) is 0 Å². The van der Waals surface area contributed by atoms with Gasteiger partial charge in [-0.3, -0.25) is 0 Å². The first-order valence-electron chi connectivity index (χ1n) is 6.70. The third kappa shape index (κ3) is 2.20. The summed E-state index contributed by atoms with van der Waals surface area (Å²) < 4.78 is 0. The van der Waals surface area contributed by atoms with Crippen molar-refractivity contribution in [2.24, 2.45) is 5.73 Å². The van der Waals surface area contributed by atoms with Gasteiger partial charge in [0.15, 0.2) is 5.69 Å². The third-order valence-corrected chi connectivity index (χ3v) is 3.73. The van der Waals surface area contributed by atoms with Crippen molar-refractivity contribution in [1.29, 1.82) is 0 Å². The number of anilines is 1. The van der Waals surface area contributed by atoms with Crippen LogP contribution in [0.5, 0.6) is 0 Å². The van der Waals surface area contributed by atoms with E-state index in [2.05, 4.69) is 9.88 Å². The zero-order valence-corrected chi connectivity index (χ0v) is 11.3.